The number of rotatable bonds is 3. The van der Waals surface area contributed by atoms with Gasteiger partial charge in [0.25, 0.3) is 0 Å². The number of ether oxygens (including phenoxy) is 1. The van der Waals surface area contributed by atoms with E-state index in [-0.39, 0.29) is 0 Å². The number of aromatic nitrogens is 4. The van der Waals surface area contributed by atoms with Crippen LogP contribution in [-0.4, -0.2) is 69.5 Å². The molecule has 166 valence electrons. The molecule has 2 N–H and O–H groups in total. The second-order valence-corrected chi connectivity index (χ2v) is 8.95. The number of morpholine rings is 1. The summed E-state index contributed by atoms with van der Waals surface area (Å²) >= 11 is 8.01. The van der Waals surface area contributed by atoms with E-state index in [1.54, 1.807) is 12.3 Å². The summed E-state index contributed by atoms with van der Waals surface area (Å²) in [5.41, 5.74) is 4.72. The van der Waals surface area contributed by atoms with Crippen LogP contribution in [0.15, 0.2) is 30.6 Å². The highest BCUT2D eigenvalue weighted by Gasteiger charge is 2.21. The molecule has 0 aliphatic carbocycles. The molecule has 2 saturated heterocycles. The minimum atomic E-state index is 0.291. The van der Waals surface area contributed by atoms with Gasteiger partial charge in [-0.2, -0.15) is 4.41 Å². The first kappa shape index (κ1) is 22.3. The highest BCUT2D eigenvalue weighted by molar-refractivity contribution is 7.96. The van der Waals surface area contributed by atoms with Crippen molar-refractivity contribution in [1.29, 1.82) is 0 Å². The topological polar surface area (TPSA) is 82.2 Å². The van der Waals surface area contributed by atoms with Gasteiger partial charge in [0.2, 0.25) is 0 Å². The minimum Gasteiger partial charge on any atom is -0.377 e. The van der Waals surface area contributed by atoms with E-state index in [0.29, 0.717) is 30.2 Å². The van der Waals surface area contributed by atoms with E-state index in [9.17, 15) is 0 Å². The Morgan fingerprint density at radius 3 is 2.90 bits per heavy atom. The van der Waals surface area contributed by atoms with Crippen LogP contribution in [0.25, 0.3) is 22.4 Å². The molecular weight excluding hydrogens is 434 g/mol. The number of aromatic amines is 1. The second-order valence-electron chi connectivity index (χ2n) is 7.45. The van der Waals surface area contributed by atoms with Crippen molar-refractivity contribution >= 4 is 40.4 Å². The number of hydrogen-bond donors (Lipinski definition) is 2. The highest BCUT2D eigenvalue weighted by atomic mass is 35.5. The van der Waals surface area contributed by atoms with E-state index in [1.165, 1.54) is 25.1 Å². The Morgan fingerprint density at radius 1 is 1.26 bits per heavy atom. The fourth-order valence-corrected chi connectivity index (χ4v) is 4.81. The van der Waals surface area contributed by atoms with Crippen molar-refractivity contribution in [2.45, 2.75) is 25.8 Å². The number of H-pyrrole nitrogens is 1. The standard InChI is InChI=1S/C16H16ClN5O.C5H12N2S/c1-10-9-23-7-6-22(10)14-3-5-19-16(21-14)12-8-13(17)20-15-11(12)2-4-18-15;1-6-7-4-2-3-5-8-7/h2-5,8,10H,6-7,9H2,1H3,(H,18,20);6H,2-5H2,1H3. The van der Waals surface area contributed by atoms with Gasteiger partial charge in [0.1, 0.15) is 16.6 Å². The molecule has 0 aromatic carbocycles. The number of halogens is 1. The average molecular weight is 462 g/mol. The Hall–Kier alpha value is -1.91. The molecule has 0 spiro atoms. The molecule has 5 rings (SSSR count). The first-order chi connectivity index (χ1) is 15.2. The van der Waals surface area contributed by atoms with Gasteiger partial charge < -0.3 is 14.6 Å². The molecule has 8 nitrogen and oxygen atoms in total. The SMILES string of the molecule is CC1COCCN1c1ccnc(-c2cc(Cl)nc3[nH]ccc23)n1.CNN1CCCCS1. The van der Waals surface area contributed by atoms with Crippen LogP contribution in [0.2, 0.25) is 5.15 Å². The highest BCUT2D eigenvalue weighted by Crippen LogP contribution is 2.29. The predicted octanol–water partition coefficient (Wildman–Crippen LogP) is 3.76. The lowest BCUT2D eigenvalue weighted by Gasteiger charge is -2.34. The third kappa shape index (κ3) is 5.48. The molecule has 2 fully saturated rings. The predicted molar refractivity (Wildman–Crippen MR) is 127 cm³/mol. The molecule has 3 aromatic rings. The fraction of sp³-hybridized carbons (Fsp3) is 0.476. The van der Waals surface area contributed by atoms with Crippen molar-refractivity contribution in [3.05, 3.63) is 35.7 Å². The molecule has 0 radical (unpaired) electrons. The number of hydrogen-bond acceptors (Lipinski definition) is 8. The summed E-state index contributed by atoms with van der Waals surface area (Å²) in [6.45, 7) is 5.58. The molecule has 31 heavy (non-hydrogen) atoms. The van der Waals surface area contributed by atoms with Gasteiger partial charge in [-0.25, -0.2) is 20.4 Å². The van der Waals surface area contributed by atoms with Crippen LogP contribution in [0, 0.1) is 0 Å². The number of fused-ring (bicyclic) bond motifs is 1. The smallest absolute Gasteiger partial charge is 0.162 e. The summed E-state index contributed by atoms with van der Waals surface area (Å²) in [6, 6.07) is 5.99. The number of hydrazine groups is 1. The average Bonchev–Trinajstić information content (AvgIpc) is 3.28. The van der Waals surface area contributed by atoms with Crippen molar-refractivity contribution < 1.29 is 4.74 Å². The number of pyridine rings is 1. The third-order valence-corrected chi connectivity index (χ3v) is 6.63. The molecule has 0 saturated carbocycles. The van der Waals surface area contributed by atoms with Crippen LogP contribution in [0.3, 0.4) is 0 Å². The van der Waals surface area contributed by atoms with Crippen LogP contribution < -0.4 is 10.3 Å². The quantitative estimate of drug-likeness (QED) is 0.450. The number of anilines is 1. The Morgan fingerprint density at radius 2 is 2.16 bits per heavy atom. The molecule has 3 aromatic heterocycles. The van der Waals surface area contributed by atoms with Crippen molar-refractivity contribution in [3.8, 4) is 11.4 Å². The zero-order valence-corrected chi connectivity index (χ0v) is 19.4. The van der Waals surface area contributed by atoms with Gasteiger partial charge in [-0.1, -0.05) is 23.5 Å². The summed E-state index contributed by atoms with van der Waals surface area (Å²) < 4.78 is 7.68. The van der Waals surface area contributed by atoms with Gasteiger partial charge in [-0.05, 0) is 45.0 Å². The minimum absolute atomic E-state index is 0.291. The molecule has 10 heteroatoms. The van der Waals surface area contributed by atoms with Gasteiger partial charge >= 0.3 is 0 Å². The number of nitrogens with one attached hydrogen (secondary N) is 2. The van der Waals surface area contributed by atoms with Crippen molar-refractivity contribution in [2.75, 3.05) is 44.0 Å². The van der Waals surface area contributed by atoms with Crippen molar-refractivity contribution in [3.63, 3.8) is 0 Å². The molecule has 2 aliphatic heterocycles. The molecule has 0 amide bonds. The first-order valence-corrected chi connectivity index (χ1v) is 11.9. The summed E-state index contributed by atoms with van der Waals surface area (Å²) in [5.74, 6) is 2.83. The van der Waals surface area contributed by atoms with E-state index in [2.05, 4.69) is 36.6 Å². The normalized spacial score (nSPS) is 19.8. The lowest BCUT2D eigenvalue weighted by Crippen LogP contribution is -2.44. The molecule has 0 bridgehead atoms. The second kappa shape index (κ2) is 10.6. The summed E-state index contributed by atoms with van der Waals surface area (Å²) in [4.78, 5) is 18.8. The summed E-state index contributed by atoms with van der Waals surface area (Å²) in [7, 11) is 1.97. The maximum atomic E-state index is 6.13. The van der Waals surface area contributed by atoms with Crippen molar-refractivity contribution in [2.24, 2.45) is 0 Å². The molecule has 1 unspecified atom stereocenters. The Labute approximate surface area is 191 Å². The third-order valence-electron chi connectivity index (χ3n) is 5.29. The van der Waals surface area contributed by atoms with Gasteiger partial charge in [-0.15, -0.1) is 0 Å². The van der Waals surface area contributed by atoms with Crippen LogP contribution >= 0.6 is 23.5 Å². The van der Waals surface area contributed by atoms with Gasteiger partial charge in [0.05, 0.1) is 19.3 Å². The van der Waals surface area contributed by atoms with Crippen LogP contribution in [0.5, 0.6) is 0 Å². The molecule has 5 heterocycles. The maximum Gasteiger partial charge on any atom is 0.162 e. The summed E-state index contributed by atoms with van der Waals surface area (Å²) in [6.07, 6.45) is 6.34. The molecular formula is C21H28ClN7OS. The Kier molecular flexibility index (Phi) is 7.62. The Balaban J connectivity index is 0.000000245. The fourth-order valence-electron chi connectivity index (χ4n) is 3.67. The van der Waals surface area contributed by atoms with Gasteiger partial charge in [0, 0.05) is 42.2 Å². The molecule has 1 atom stereocenters. The van der Waals surface area contributed by atoms with E-state index in [1.807, 2.05) is 37.3 Å². The van der Waals surface area contributed by atoms with Crippen LogP contribution in [0.1, 0.15) is 19.8 Å². The maximum absolute atomic E-state index is 6.13. The first-order valence-electron chi connectivity index (χ1n) is 10.5. The van der Waals surface area contributed by atoms with Gasteiger partial charge in [-0.3, -0.25) is 0 Å². The lowest BCUT2D eigenvalue weighted by atomic mass is 10.1. The van der Waals surface area contributed by atoms with E-state index < -0.39 is 0 Å². The molecule has 2 aliphatic rings. The lowest BCUT2D eigenvalue weighted by molar-refractivity contribution is 0.0985. The zero-order chi connectivity index (χ0) is 21.6. The van der Waals surface area contributed by atoms with E-state index >= 15 is 0 Å². The monoisotopic (exact) mass is 461 g/mol. The number of nitrogens with zero attached hydrogens (tertiary/aromatic N) is 5. The Bertz CT molecular complexity index is 995. The zero-order valence-electron chi connectivity index (χ0n) is 17.8. The van der Waals surface area contributed by atoms with E-state index in [0.717, 1.165) is 29.0 Å². The largest absolute Gasteiger partial charge is 0.377 e. The van der Waals surface area contributed by atoms with E-state index in [4.69, 9.17) is 21.3 Å². The van der Waals surface area contributed by atoms with Crippen molar-refractivity contribution in [1.82, 2.24) is 29.8 Å². The van der Waals surface area contributed by atoms with Crippen LogP contribution in [-0.2, 0) is 4.74 Å². The van der Waals surface area contributed by atoms with Gasteiger partial charge in [0.15, 0.2) is 5.82 Å². The van der Waals surface area contributed by atoms with Crippen LogP contribution in [0.4, 0.5) is 5.82 Å². The summed E-state index contributed by atoms with van der Waals surface area (Å²) in [5, 5.41) is 1.38.